The topological polar surface area (TPSA) is 115 Å². The van der Waals surface area contributed by atoms with Crippen LogP contribution in [-0.2, 0) is 4.79 Å². The normalized spacial score (nSPS) is 15.8. The number of aliphatic hydroxyl groups is 1. The average Bonchev–Trinajstić information content (AvgIpc) is 3.57. The van der Waals surface area contributed by atoms with E-state index in [9.17, 15) is 14.7 Å². The number of ketones is 1. The molecule has 0 aliphatic carbocycles. The second-order valence-electron chi connectivity index (χ2n) is 7.91. The number of carbonyl (C=O) groups excluding carboxylic acids is 2. The first-order chi connectivity index (χ1) is 16.5. The first-order valence-corrected chi connectivity index (χ1v) is 11.0. The molecule has 178 valence electrons. The third kappa shape index (κ3) is 4.28. The minimum Gasteiger partial charge on any atom is -0.503 e. The molecule has 0 saturated carbocycles. The number of rotatable bonds is 10. The lowest BCUT2D eigenvalue weighted by Gasteiger charge is -2.25. The van der Waals surface area contributed by atoms with Gasteiger partial charge in [0.15, 0.2) is 28.8 Å². The number of hydrogen-bond acceptors (Lipinski definition) is 8. The van der Waals surface area contributed by atoms with Gasteiger partial charge in [-0.25, -0.2) is 0 Å². The Balaban J connectivity index is 1.77. The van der Waals surface area contributed by atoms with Gasteiger partial charge < -0.3 is 23.5 Å². The van der Waals surface area contributed by atoms with Crippen molar-refractivity contribution in [2.45, 2.75) is 39.2 Å². The highest BCUT2D eigenvalue weighted by Crippen LogP contribution is 2.43. The van der Waals surface area contributed by atoms with E-state index in [-0.39, 0.29) is 17.2 Å². The van der Waals surface area contributed by atoms with Crippen LogP contribution in [0.3, 0.4) is 0 Å². The van der Waals surface area contributed by atoms with Crippen molar-refractivity contribution in [3.8, 4) is 11.5 Å². The Labute approximate surface area is 196 Å². The van der Waals surface area contributed by atoms with Gasteiger partial charge in [-0.2, -0.15) is 0 Å². The Bertz CT molecular complexity index is 1210. The second-order valence-corrected chi connectivity index (χ2v) is 7.91. The first kappa shape index (κ1) is 23.2. The molecule has 9 heteroatoms. The number of furan rings is 1. The van der Waals surface area contributed by atoms with Crippen molar-refractivity contribution >= 4 is 17.5 Å². The predicted octanol–water partition coefficient (Wildman–Crippen LogP) is 4.94. The minimum atomic E-state index is -0.988. The summed E-state index contributed by atoms with van der Waals surface area (Å²) in [5, 5.41) is 14.7. The summed E-state index contributed by atoms with van der Waals surface area (Å²) >= 11 is 0. The molecule has 1 N–H and O–H groups in total. The fraction of sp³-hybridized carbons (Fsp3) is 0.320. The predicted molar refractivity (Wildman–Crippen MR) is 122 cm³/mol. The molecule has 1 aliphatic heterocycles. The Morgan fingerprint density at radius 1 is 1.21 bits per heavy atom. The third-order valence-electron chi connectivity index (χ3n) is 5.57. The monoisotopic (exact) mass is 466 g/mol. The number of carbonyl (C=O) groups is 2. The molecule has 4 rings (SSSR count). The van der Waals surface area contributed by atoms with Gasteiger partial charge in [0.1, 0.15) is 5.76 Å². The van der Waals surface area contributed by atoms with Crippen LogP contribution in [0.25, 0.3) is 0 Å². The zero-order chi connectivity index (χ0) is 24.2. The summed E-state index contributed by atoms with van der Waals surface area (Å²) in [6, 6.07) is 8.73. The van der Waals surface area contributed by atoms with Gasteiger partial charge in [0.05, 0.1) is 31.6 Å². The number of nitrogens with zero attached hydrogens (tertiary/aromatic N) is 2. The summed E-state index contributed by atoms with van der Waals surface area (Å²) in [6.45, 7) is 4.34. The van der Waals surface area contributed by atoms with Crippen LogP contribution in [0.4, 0.5) is 5.82 Å². The van der Waals surface area contributed by atoms with Gasteiger partial charge in [0.25, 0.3) is 5.91 Å². The lowest BCUT2D eigenvalue weighted by Crippen LogP contribution is -2.31. The number of ether oxygens (including phenoxy) is 2. The summed E-state index contributed by atoms with van der Waals surface area (Å²) in [5.41, 5.74) is 0.394. The van der Waals surface area contributed by atoms with Crippen LogP contribution in [0, 0.1) is 6.92 Å². The minimum absolute atomic E-state index is 0.000348. The molecule has 0 saturated heterocycles. The van der Waals surface area contributed by atoms with E-state index in [2.05, 4.69) is 12.1 Å². The molecule has 9 nitrogen and oxygen atoms in total. The fourth-order valence-corrected chi connectivity index (χ4v) is 3.90. The fourth-order valence-electron chi connectivity index (χ4n) is 3.90. The van der Waals surface area contributed by atoms with Crippen LogP contribution >= 0.6 is 0 Å². The van der Waals surface area contributed by atoms with Crippen LogP contribution in [-0.4, -0.2) is 35.7 Å². The Kier molecular flexibility index (Phi) is 6.72. The molecular formula is C25H26N2O7. The Hall–Kier alpha value is -4.01. The van der Waals surface area contributed by atoms with E-state index in [1.54, 1.807) is 37.3 Å². The molecule has 34 heavy (non-hydrogen) atoms. The van der Waals surface area contributed by atoms with E-state index >= 15 is 0 Å². The number of aromatic nitrogens is 1. The van der Waals surface area contributed by atoms with E-state index in [0.29, 0.717) is 29.4 Å². The number of benzene rings is 1. The number of anilines is 1. The van der Waals surface area contributed by atoms with E-state index < -0.39 is 23.5 Å². The smallest absolute Gasteiger partial charge is 0.295 e. The lowest BCUT2D eigenvalue weighted by molar-refractivity contribution is -0.117. The van der Waals surface area contributed by atoms with Gasteiger partial charge in [0, 0.05) is 6.07 Å². The zero-order valence-corrected chi connectivity index (χ0v) is 19.2. The summed E-state index contributed by atoms with van der Waals surface area (Å²) in [6.07, 6.45) is 4.40. The van der Waals surface area contributed by atoms with Crippen LogP contribution < -0.4 is 14.4 Å². The van der Waals surface area contributed by atoms with Crippen LogP contribution in [0.15, 0.2) is 62.9 Å². The highest BCUT2D eigenvalue weighted by Gasteiger charge is 2.46. The molecule has 0 radical (unpaired) electrons. The first-order valence-electron chi connectivity index (χ1n) is 11.0. The largest absolute Gasteiger partial charge is 0.503 e. The highest BCUT2D eigenvalue weighted by atomic mass is 16.5. The van der Waals surface area contributed by atoms with Crippen molar-refractivity contribution in [2.75, 3.05) is 18.6 Å². The molecule has 1 amide bonds. The van der Waals surface area contributed by atoms with Crippen LogP contribution in [0.5, 0.6) is 11.5 Å². The lowest BCUT2D eigenvalue weighted by atomic mass is 9.94. The number of aliphatic hydroxyl groups excluding tert-OH is 1. The molecular weight excluding hydrogens is 440 g/mol. The summed E-state index contributed by atoms with van der Waals surface area (Å²) in [5.74, 6) is -0.433. The Morgan fingerprint density at radius 2 is 2.03 bits per heavy atom. The molecule has 3 heterocycles. The number of amides is 1. The molecule has 1 atom stereocenters. The quantitative estimate of drug-likeness (QED) is 0.330. The van der Waals surface area contributed by atoms with Gasteiger partial charge in [-0.3, -0.25) is 14.5 Å². The molecule has 1 aromatic carbocycles. The van der Waals surface area contributed by atoms with Crippen molar-refractivity contribution in [2.24, 2.45) is 0 Å². The molecule has 1 aliphatic rings. The molecule has 0 fully saturated rings. The maximum Gasteiger partial charge on any atom is 0.295 e. The van der Waals surface area contributed by atoms with Gasteiger partial charge in [-0.15, -0.1) is 0 Å². The maximum absolute atomic E-state index is 13.3. The molecule has 0 unspecified atom stereocenters. The number of unbranched alkanes of at least 4 members (excludes halogenated alkanes) is 2. The van der Waals surface area contributed by atoms with Gasteiger partial charge >= 0.3 is 0 Å². The SMILES string of the molecule is CCCCCOc1ccc([C@@H]2C(C(=O)c3ccco3)=C(O)C(=O)N2c2cc(C)on2)cc1OC. The summed E-state index contributed by atoms with van der Waals surface area (Å²) < 4.78 is 21.8. The van der Waals surface area contributed by atoms with Crippen LogP contribution in [0.2, 0.25) is 0 Å². The number of Topliss-reactive ketones (excluding diaryl/α,β-unsaturated/α-hetero) is 1. The highest BCUT2D eigenvalue weighted by molar-refractivity contribution is 6.19. The van der Waals surface area contributed by atoms with Crippen molar-refractivity contribution in [3.05, 3.63) is 71.1 Å². The van der Waals surface area contributed by atoms with E-state index in [1.165, 1.54) is 24.3 Å². The standard InChI is InChI=1S/C25H26N2O7/c1-4-5-6-11-32-17-10-9-16(14-19(17)31-3)22-21(23(28)18-8-7-12-33-18)24(29)25(30)27(22)20-13-15(2)34-26-20/h7-10,12-14,22,29H,4-6,11H2,1-3H3/t22-/m1/s1. The van der Waals surface area contributed by atoms with Crippen molar-refractivity contribution in [1.29, 1.82) is 0 Å². The van der Waals surface area contributed by atoms with E-state index in [4.69, 9.17) is 18.4 Å². The zero-order valence-electron chi connectivity index (χ0n) is 19.2. The summed E-state index contributed by atoms with van der Waals surface area (Å²) in [7, 11) is 1.51. The van der Waals surface area contributed by atoms with E-state index in [1.807, 2.05) is 0 Å². The number of aryl methyl sites for hydroxylation is 1. The number of methoxy groups -OCH3 is 1. The second kappa shape index (κ2) is 9.86. The average molecular weight is 466 g/mol. The van der Waals surface area contributed by atoms with Gasteiger partial charge in [-0.05, 0) is 43.2 Å². The molecule has 3 aromatic rings. The van der Waals surface area contributed by atoms with Crippen molar-refractivity contribution < 1.29 is 33.1 Å². The van der Waals surface area contributed by atoms with Crippen molar-refractivity contribution in [3.63, 3.8) is 0 Å². The molecule has 0 spiro atoms. The number of hydrogen-bond donors (Lipinski definition) is 1. The third-order valence-corrected chi connectivity index (χ3v) is 5.57. The van der Waals surface area contributed by atoms with Gasteiger partial charge in [0.2, 0.25) is 5.78 Å². The Morgan fingerprint density at radius 3 is 2.68 bits per heavy atom. The van der Waals surface area contributed by atoms with Gasteiger partial charge in [-0.1, -0.05) is 31.0 Å². The maximum atomic E-state index is 13.3. The molecule has 0 bridgehead atoms. The van der Waals surface area contributed by atoms with Crippen LogP contribution in [0.1, 0.15) is 54.1 Å². The summed E-state index contributed by atoms with van der Waals surface area (Å²) in [4.78, 5) is 27.6. The molecule has 2 aromatic heterocycles. The van der Waals surface area contributed by atoms with Crippen molar-refractivity contribution in [1.82, 2.24) is 5.16 Å². The van der Waals surface area contributed by atoms with E-state index in [0.717, 1.165) is 19.3 Å².